The molecule has 0 fully saturated rings. The number of fused-ring (bicyclic) bond motifs is 1. The maximum atomic E-state index is 13.1. The largest absolute Gasteiger partial charge is 0.438 e. The van der Waals surface area contributed by atoms with Gasteiger partial charge in [0.05, 0.1) is 5.69 Å². The molecule has 1 heterocycles. The maximum absolute atomic E-state index is 13.1. The van der Waals surface area contributed by atoms with Gasteiger partial charge in [0.1, 0.15) is 11.1 Å². The molecule has 0 saturated heterocycles. The fraction of sp³-hybridized carbons (Fsp3) is 0.120. The summed E-state index contributed by atoms with van der Waals surface area (Å²) in [5, 5.41) is 3.83. The molecule has 0 aliphatic heterocycles. The van der Waals surface area contributed by atoms with Crippen molar-refractivity contribution in [2.24, 2.45) is 4.99 Å². The Hall–Kier alpha value is -3.66. The molecule has 0 atom stereocenters. The van der Waals surface area contributed by atoms with Crippen LogP contribution < -0.4 is 10.9 Å². The van der Waals surface area contributed by atoms with Crippen LogP contribution in [0.2, 0.25) is 0 Å². The summed E-state index contributed by atoms with van der Waals surface area (Å²) in [6.07, 6.45) is 0.916. The number of carbonyl (C=O) groups is 1. The summed E-state index contributed by atoms with van der Waals surface area (Å²) in [6.45, 7) is 4.06. The predicted octanol–water partition coefficient (Wildman–Crippen LogP) is 5.79. The van der Waals surface area contributed by atoms with Crippen LogP contribution in [0.3, 0.4) is 0 Å². The summed E-state index contributed by atoms with van der Waals surface area (Å²) >= 11 is 0. The number of carbonyl (C=O) groups excluding carboxylic acids is 1. The number of hydrogen-bond acceptors (Lipinski definition) is 3. The number of amides is 1. The van der Waals surface area contributed by atoms with Gasteiger partial charge in [0, 0.05) is 11.1 Å². The van der Waals surface area contributed by atoms with E-state index in [1.54, 1.807) is 0 Å². The molecule has 0 saturated carbocycles. The van der Waals surface area contributed by atoms with Gasteiger partial charge in [0.2, 0.25) is 5.55 Å². The summed E-state index contributed by atoms with van der Waals surface area (Å²) in [4.78, 5) is 17.8. The lowest BCUT2D eigenvalue weighted by Gasteiger charge is -2.09. The number of nitrogens with zero attached hydrogens (tertiary/aromatic N) is 1. The number of rotatable bonds is 4. The van der Waals surface area contributed by atoms with Crippen molar-refractivity contribution in [3.05, 3.63) is 101 Å². The lowest BCUT2D eigenvalue weighted by molar-refractivity contribution is 0.102. The minimum Gasteiger partial charge on any atom is -0.438 e. The van der Waals surface area contributed by atoms with Crippen LogP contribution in [0.1, 0.15) is 28.4 Å². The molecule has 0 aliphatic carbocycles. The monoisotopic (exact) mass is 382 g/mol. The molecule has 1 N–H and O–H groups in total. The summed E-state index contributed by atoms with van der Waals surface area (Å²) in [7, 11) is 0. The van der Waals surface area contributed by atoms with Crippen LogP contribution in [0.5, 0.6) is 0 Å². The molecule has 0 bridgehead atoms. The topological polar surface area (TPSA) is 54.6 Å². The minimum atomic E-state index is -0.251. The average molecular weight is 382 g/mol. The molecule has 0 aliphatic rings. The smallest absolute Gasteiger partial charge is 0.261 e. The molecule has 1 amide bonds. The second-order valence-corrected chi connectivity index (χ2v) is 6.91. The van der Waals surface area contributed by atoms with E-state index >= 15 is 0 Å². The number of nitrogens with one attached hydrogen (secondary N) is 1. The van der Waals surface area contributed by atoms with Crippen molar-refractivity contribution >= 4 is 28.3 Å². The molecule has 4 rings (SSSR count). The average Bonchev–Trinajstić information content (AvgIpc) is 2.75. The van der Waals surface area contributed by atoms with Gasteiger partial charge in [-0.05, 0) is 54.8 Å². The first-order chi connectivity index (χ1) is 14.1. The van der Waals surface area contributed by atoms with Crippen molar-refractivity contribution in [3.8, 4) is 0 Å². The van der Waals surface area contributed by atoms with E-state index in [1.807, 2.05) is 79.7 Å². The van der Waals surface area contributed by atoms with E-state index in [0.29, 0.717) is 16.7 Å². The van der Waals surface area contributed by atoms with Gasteiger partial charge < -0.3 is 9.73 Å². The third-order valence-corrected chi connectivity index (χ3v) is 4.84. The highest BCUT2D eigenvalue weighted by molar-refractivity contribution is 6.05. The zero-order chi connectivity index (χ0) is 20.2. The molecule has 0 spiro atoms. The SMILES string of the molecule is CCc1cccc(N=c2oc3ccccc3cc2C(=O)Nc2ccccc2C)c1. The zero-order valence-corrected chi connectivity index (χ0v) is 16.5. The Bertz CT molecular complexity index is 1250. The first-order valence-corrected chi connectivity index (χ1v) is 9.67. The van der Waals surface area contributed by atoms with E-state index in [4.69, 9.17) is 4.42 Å². The van der Waals surface area contributed by atoms with Gasteiger partial charge in [0.15, 0.2) is 0 Å². The van der Waals surface area contributed by atoms with E-state index in [-0.39, 0.29) is 5.91 Å². The highest BCUT2D eigenvalue weighted by Crippen LogP contribution is 2.18. The van der Waals surface area contributed by atoms with Crippen LogP contribution in [0, 0.1) is 6.92 Å². The first kappa shape index (κ1) is 18.7. The second-order valence-electron chi connectivity index (χ2n) is 6.91. The lowest BCUT2D eigenvalue weighted by atomic mass is 10.1. The molecule has 144 valence electrons. The van der Waals surface area contributed by atoms with Crippen LogP contribution in [0.4, 0.5) is 11.4 Å². The highest BCUT2D eigenvalue weighted by atomic mass is 16.3. The van der Waals surface area contributed by atoms with Crippen LogP contribution in [-0.4, -0.2) is 5.91 Å². The highest BCUT2D eigenvalue weighted by Gasteiger charge is 2.14. The summed E-state index contributed by atoms with van der Waals surface area (Å²) in [5.74, 6) is -0.251. The molecule has 0 unspecified atom stereocenters. The lowest BCUT2D eigenvalue weighted by Crippen LogP contribution is -2.22. The molecular weight excluding hydrogens is 360 g/mol. The quantitative estimate of drug-likeness (QED) is 0.486. The Balaban J connectivity index is 1.85. The van der Waals surface area contributed by atoms with E-state index < -0.39 is 0 Å². The number of aryl methyl sites for hydroxylation is 2. The third kappa shape index (κ3) is 4.11. The predicted molar refractivity (Wildman–Crippen MR) is 116 cm³/mol. The first-order valence-electron chi connectivity index (χ1n) is 9.67. The van der Waals surface area contributed by atoms with Crippen LogP contribution in [0.15, 0.2) is 88.3 Å². The fourth-order valence-corrected chi connectivity index (χ4v) is 3.18. The molecular formula is C25H22N2O2. The van der Waals surface area contributed by atoms with E-state index in [0.717, 1.165) is 28.7 Å². The van der Waals surface area contributed by atoms with Crippen LogP contribution >= 0.6 is 0 Å². The molecule has 3 aromatic carbocycles. The van der Waals surface area contributed by atoms with Gasteiger partial charge in [-0.25, -0.2) is 4.99 Å². The molecule has 4 nitrogen and oxygen atoms in total. The van der Waals surface area contributed by atoms with Gasteiger partial charge in [-0.1, -0.05) is 55.5 Å². The van der Waals surface area contributed by atoms with Crippen molar-refractivity contribution in [1.82, 2.24) is 0 Å². The number of anilines is 1. The van der Waals surface area contributed by atoms with Gasteiger partial charge in [0.25, 0.3) is 5.91 Å². The molecule has 0 radical (unpaired) electrons. The van der Waals surface area contributed by atoms with E-state index in [9.17, 15) is 4.79 Å². The van der Waals surface area contributed by atoms with E-state index in [2.05, 4.69) is 23.3 Å². The Morgan fingerprint density at radius 3 is 2.59 bits per heavy atom. The van der Waals surface area contributed by atoms with Gasteiger partial charge >= 0.3 is 0 Å². The Morgan fingerprint density at radius 1 is 0.966 bits per heavy atom. The standard InChI is InChI=1S/C25H22N2O2/c1-3-18-10-8-12-20(15-18)26-25-21(16-19-11-5-7-14-23(19)29-25)24(28)27-22-13-6-4-9-17(22)2/h4-16H,3H2,1-2H3,(H,27,28). The summed E-state index contributed by atoms with van der Waals surface area (Å²) in [6, 6.07) is 25.1. The fourth-order valence-electron chi connectivity index (χ4n) is 3.18. The Morgan fingerprint density at radius 2 is 1.76 bits per heavy atom. The zero-order valence-electron chi connectivity index (χ0n) is 16.5. The second kappa shape index (κ2) is 8.15. The number of hydrogen-bond donors (Lipinski definition) is 1. The molecule has 29 heavy (non-hydrogen) atoms. The molecule has 4 aromatic rings. The maximum Gasteiger partial charge on any atom is 0.261 e. The third-order valence-electron chi connectivity index (χ3n) is 4.84. The van der Waals surface area contributed by atoms with Crippen LogP contribution in [-0.2, 0) is 6.42 Å². The van der Waals surface area contributed by atoms with Crippen molar-refractivity contribution in [2.45, 2.75) is 20.3 Å². The van der Waals surface area contributed by atoms with Crippen molar-refractivity contribution in [3.63, 3.8) is 0 Å². The number of para-hydroxylation sites is 2. The minimum absolute atomic E-state index is 0.251. The van der Waals surface area contributed by atoms with E-state index in [1.165, 1.54) is 5.56 Å². The normalized spacial score (nSPS) is 11.6. The van der Waals surface area contributed by atoms with Crippen molar-refractivity contribution in [2.75, 3.05) is 5.32 Å². The summed E-state index contributed by atoms with van der Waals surface area (Å²) < 4.78 is 6.03. The molecule has 1 aromatic heterocycles. The van der Waals surface area contributed by atoms with Gasteiger partial charge in [-0.15, -0.1) is 0 Å². The summed E-state index contributed by atoms with van der Waals surface area (Å²) in [5.41, 5.74) is 5.07. The number of benzene rings is 3. The van der Waals surface area contributed by atoms with Gasteiger partial charge in [-0.3, -0.25) is 4.79 Å². The van der Waals surface area contributed by atoms with Gasteiger partial charge in [-0.2, -0.15) is 0 Å². The molecule has 4 heteroatoms. The van der Waals surface area contributed by atoms with Crippen LogP contribution in [0.25, 0.3) is 11.0 Å². The Kier molecular flexibility index (Phi) is 5.25. The Labute approximate surface area is 169 Å². The van der Waals surface area contributed by atoms with Crippen molar-refractivity contribution < 1.29 is 9.21 Å². The van der Waals surface area contributed by atoms with Crippen molar-refractivity contribution in [1.29, 1.82) is 0 Å².